The fourth-order valence-electron chi connectivity index (χ4n) is 4.21. The molecule has 1 atom stereocenters. The highest BCUT2D eigenvalue weighted by molar-refractivity contribution is 7.07. The monoisotopic (exact) mass is 534 g/mol. The SMILES string of the molecule is COc1cc(C=c2sc3n(c2=O)C(N)=C(C#N)C(c2cc(OC)c(O)c(OC)c2)C=3C#N)cc(OC)c1O. The molecule has 0 radical (unpaired) electrons. The van der Waals surface area contributed by atoms with Crippen LogP contribution in [-0.2, 0) is 0 Å². The number of thiazole rings is 1. The van der Waals surface area contributed by atoms with E-state index in [4.69, 9.17) is 24.7 Å². The zero-order chi connectivity index (χ0) is 27.7. The molecule has 0 amide bonds. The Morgan fingerprint density at radius 3 is 1.82 bits per heavy atom. The number of nitrogens with zero attached hydrogens (tertiary/aromatic N) is 3. The van der Waals surface area contributed by atoms with Gasteiger partial charge in [-0.05, 0) is 41.5 Å². The molecule has 0 bridgehead atoms. The van der Waals surface area contributed by atoms with Crippen molar-refractivity contribution in [1.82, 2.24) is 4.57 Å². The number of methoxy groups -OCH3 is 4. The minimum atomic E-state index is -0.951. The topological polar surface area (TPSA) is 173 Å². The van der Waals surface area contributed by atoms with Gasteiger partial charge in [0.2, 0.25) is 11.5 Å². The lowest BCUT2D eigenvalue weighted by molar-refractivity contribution is 0.339. The number of nitrogens with two attached hydrogens (primary N) is 1. The third-order valence-corrected chi connectivity index (χ3v) is 7.13. The number of ether oxygens (including phenoxy) is 4. The average molecular weight is 535 g/mol. The van der Waals surface area contributed by atoms with Gasteiger partial charge in [0.15, 0.2) is 23.0 Å². The number of hydrogen-bond donors (Lipinski definition) is 3. The molecule has 0 aliphatic carbocycles. The van der Waals surface area contributed by atoms with Gasteiger partial charge in [0.25, 0.3) is 5.56 Å². The van der Waals surface area contributed by atoms with E-state index in [0.717, 1.165) is 15.9 Å². The van der Waals surface area contributed by atoms with Crippen LogP contribution in [0, 0.1) is 22.7 Å². The zero-order valence-electron chi connectivity index (χ0n) is 20.7. The molecule has 0 saturated heterocycles. The third kappa shape index (κ3) is 4.03. The van der Waals surface area contributed by atoms with Crippen LogP contribution in [0.4, 0.5) is 0 Å². The smallest absolute Gasteiger partial charge is 0.274 e. The summed E-state index contributed by atoms with van der Waals surface area (Å²) < 4.78 is 22.4. The Balaban J connectivity index is 2.05. The van der Waals surface area contributed by atoms with Crippen molar-refractivity contribution in [2.45, 2.75) is 5.92 Å². The van der Waals surface area contributed by atoms with E-state index in [0.29, 0.717) is 11.1 Å². The minimum absolute atomic E-state index is 0.0248. The third-order valence-electron chi connectivity index (χ3n) is 6.02. The van der Waals surface area contributed by atoms with Crippen LogP contribution in [0.15, 0.2) is 34.6 Å². The highest BCUT2D eigenvalue weighted by atomic mass is 32.1. The average Bonchev–Trinajstić information content (AvgIpc) is 3.25. The molecule has 4 rings (SSSR count). The summed E-state index contributed by atoms with van der Waals surface area (Å²) in [4.78, 5) is 13.4. The van der Waals surface area contributed by atoms with E-state index in [1.54, 1.807) is 6.08 Å². The van der Waals surface area contributed by atoms with E-state index >= 15 is 0 Å². The maximum absolute atomic E-state index is 13.4. The van der Waals surface area contributed by atoms with Crippen molar-refractivity contribution in [1.29, 1.82) is 10.5 Å². The van der Waals surface area contributed by atoms with Gasteiger partial charge in [-0.25, -0.2) is 0 Å². The van der Waals surface area contributed by atoms with Gasteiger partial charge in [0.1, 0.15) is 10.5 Å². The van der Waals surface area contributed by atoms with Crippen LogP contribution in [0.2, 0.25) is 0 Å². The van der Waals surface area contributed by atoms with Crippen LogP contribution in [0.3, 0.4) is 0 Å². The van der Waals surface area contributed by atoms with E-state index in [1.807, 2.05) is 6.07 Å². The number of aromatic hydroxyl groups is 2. The highest BCUT2D eigenvalue weighted by Gasteiger charge is 2.33. The highest BCUT2D eigenvalue weighted by Crippen LogP contribution is 2.44. The predicted octanol–water partition coefficient (Wildman–Crippen LogP) is 1.31. The number of aromatic nitrogens is 1. The van der Waals surface area contributed by atoms with Gasteiger partial charge in [0, 0.05) is 0 Å². The second-order valence-corrected chi connectivity index (χ2v) is 9.00. The van der Waals surface area contributed by atoms with Crippen molar-refractivity contribution < 1.29 is 29.2 Å². The van der Waals surface area contributed by atoms with Crippen LogP contribution >= 0.6 is 11.3 Å². The summed E-state index contributed by atoms with van der Waals surface area (Å²) in [6.45, 7) is 0. The van der Waals surface area contributed by atoms with Crippen LogP contribution in [-0.4, -0.2) is 43.2 Å². The lowest BCUT2D eigenvalue weighted by Gasteiger charge is -2.23. The normalized spacial score (nSPS) is 14.9. The summed E-state index contributed by atoms with van der Waals surface area (Å²) >= 11 is 1.01. The number of fused-ring (bicyclic) bond motifs is 1. The minimum Gasteiger partial charge on any atom is -0.502 e. The number of phenols is 2. The molecule has 1 aliphatic rings. The maximum atomic E-state index is 13.4. The molecule has 1 unspecified atom stereocenters. The molecule has 4 N–H and O–H groups in total. The van der Waals surface area contributed by atoms with Crippen LogP contribution < -0.4 is 39.4 Å². The van der Waals surface area contributed by atoms with Crippen LogP contribution in [0.25, 0.3) is 17.5 Å². The molecule has 2 heterocycles. The molecule has 2 aromatic carbocycles. The molecule has 38 heavy (non-hydrogen) atoms. The maximum Gasteiger partial charge on any atom is 0.274 e. The van der Waals surface area contributed by atoms with E-state index in [2.05, 4.69) is 6.07 Å². The number of hydrogen-bond acceptors (Lipinski definition) is 11. The molecule has 1 aromatic heterocycles. The quantitative estimate of drug-likeness (QED) is 0.418. The van der Waals surface area contributed by atoms with Crippen molar-refractivity contribution in [2.24, 2.45) is 5.73 Å². The lowest BCUT2D eigenvalue weighted by atomic mass is 9.84. The van der Waals surface area contributed by atoms with E-state index in [-0.39, 0.29) is 60.7 Å². The van der Waals surface area contributed by atoms with Gasteiger partial charge in [-0.2, -0.15) is 10.5 Å². The zero-order valence-corrected chi connectivity index (χ0v) is 21.5. The fraction of sp³-hybridized carbons (Fsp3) is 0.192. The fourth-order valence-corrected chi connectivity index (χ4v) is 5.34. The number of benzene rings is 2. The number of allylic oxidation sites excluding steroid dienone is 1. The van der Waals surface area contributed by atoms with Gasteiger partial charge in [-0.15, -0.1) is 11.3 Å². The Morgan fingerprint density at radius 2 is 1.37 bits per heavy atom. The molecule has 0 fully saturated rings. The first-order chi connectivity index (χ1) is 18.2. The molecular formula is C26H22N4O7S. The summed E-state index contributed by atoms with van der Waals surface area (Å²) in [5.41, 5.74) is 6.77. The van der Waals surface area contributed by atoms with Crippen molar-refractivity contribution in [3.05, 3.63) is 60.5 Å². The largest absolute Gasteiger partial charge is 0.502 e. The van der Waals surface area contributed by atoms with Crippen molar-refractivity contribution in [3.8, 4) is 46.6 Å². The molecular weight excluding hydrogens is 512 g/mol. The van der Waals surface area contributed by atoms with Gasteiger partial charge >= 0.3 is 0 Å². The summed E-state index contributed by atoms with van der Waals surface area (Å²) in [5, 5.41) is 40.7. The lowest BCUT2D eigenvalue weighted by Crippen LogP contribution is -2.38. The molecule has 0 spiro atoms. The molecule has 194 valence electrons. The Labute approximate surface area is 220 Å². The van der Waals surface area contributed by atoms with E-state index in [9.17, 15) is 25.5 Å². The molecule has 0 saturated carbocycles. The van der Waals surface area contributed by atoms with Crippen molar-refractivity contribution in [2.75, 3.05) is 28.4 Å². The van der Waals surface area contributed by atoms with Gasteiger partial charge < -0.3 is 34.9 Å². The summed E-state index contributed by atoms with van der Waals surface area (Å²) in [6.07, 6.45) is 1.54. The first kappa shape index (κ1) is 26.0. The molecule has 12 heteroatoms. The Bertz CT molecular complexity index is 1710. The summed E-state index contributed by atoms with van der Waals surface area (Å²) in [6, 6.07) is 10.2. The summed E-state index contributed by atoms with van der Waals surface area (Å²) in [5.74, 6) is -1.08. The van der Waals surface area contributed by atoms with Gasteiger partial charge in [-0.1, -0.05) is 0 Å². The second kappa shape index (κ2) is 10.1. The van der Waals surface area contributed by atoms with Gasteiger partial charge in [0.05, 0.1) is 62.2 Å². The number of nitriles is 2. The molecule has 3 aromatic rings. The first-order valence-corrected chi connectivity index (χ1v) is 11.7. The van der Waals surface area contributed by atoms with Crippen molar-refractivity contribution >= 4 is 28.8 Å². The first-order valence-electron chi connectivity index (χ1n) is 10.9. The van der Waals surface area contributed by atoms with Crippen LogP contribution in [0.5, 0.6) is 34.5 Å². The molecule has 11 nitrogen and oxygen atoms in total. The Morgan fingerprint density at radius 1 is 0.895 bits per heavy atom. The number of rotatable bonds is 6. The molecule has 1 aliphatic heterocycles. The van der Waals surface area contributed by atoms with Gasteiger partial charge in [-0.3, -0.25) is 9.36 Å². The number of phenolic OH excluding ortho intramolecular Hbond substituents is 2. The Hall–Kier alpha value is -5.07. The standard InChI is InChI=1S/C26H22N4O7S/c1-34-16-5-12(6-17(35-2)22(16)31)7-20-25(33)30-24(29)14(10-27)21(15(11-28)26(30)38-20)13-8-18(36-3)23(32)19(9-13)37-4/h5-9,21,31-32H,29H2,1-4H3. The summed E-state index contributed by atoms with van der Waals surface area (Å²) in [7, 11) is 5.48. The van der Waals surface area contributed by atoms with E-state index in [1.165, 1.54) is 52.7 Å². The van der Waals surface area contributed by atoms with Crippen molar-refractivity contribution in [3.63, 3.8) is 0 Å². The Kier molecular flexibility index (Phi) is 6.93. The second-order valence-electron chi connectivity index (χ2n) is 7.97. The van der Waals surface area contributed by atoms with Crippen LogP contribution in [0.1, 0.15) is 17.0 Å². The van der Waals surface area contributed by atoms with E-state index < -0.39 is 11.5 Å². The predicted molar refractivity (Wildman–Crippen MR) is 139 cm³/mol.